The van der Waals surface area contributed by atoms with Gasteiger partial charge in [-0.1, -0.05) is 42.5 Å². The van der Waals surface area contributed by atoms with E-state index in [1.807, 2.05) is 42.5 Å². The van der Waals surface area contributed by atoms with Crippen molar-refractivity contribution in [1.29, 1.82) is 0 Å². The van der Waals surface area contributed by atoms with Crippen molar-refractivity contribution < 1.29 is 9.53 Å². The zero-order valence-electron chi connectivity index (χ0n) is 17.9. The molecule has 0 aliphatic heterocycles. The van der Waals surface area contributed by atoms with Gasteiger partial charge in [-0.2, -0.15) is 9.50 Å². The van der Waals surface area contributed by atoms with Gasteiger partial charge in [-0.05, 0) is 31.0 Å². The van der Waals surface area contributed by atoms with Crippen LogP contribution in [0.1, 0.15) is 23.2 Å². The molecule has 0 aliphatic carbocycles. The first-order chi connectivity index (χ1) is 15.5. The maximum Gasteiger partial charge on any atom is 0.277 e. The number of hydrogen-bond acceptors (Lipinski definition) is 6. The van der Waals surface area contributed by atoms with E-state index >= 15 is 0 Å². The van der Waals surface area contributed by atoms with Gasteiger partial charge in [0.15, 0.2) is 0 Å². The number of ether oxygens (including phenoxy) is 1. The Labute approximate surface area is 184 Å². The summed E-state index contributed by atoms with van der Waals surface area (Å²) in [6, 6.07) is 17.0. The van der Waals surface area contributed by atoms with E-state index in [0.29, 0.717) is 35.2 Å². The molecule has 0 aliphatic rings. The summed E-state index contributed by atoms with van der Waals surface area (Å²) in [5, 5.41) is 8.93. The third-order valence-electron chi connectivity index (χ3n) is 5.08. The number of amides is 1. The van der Waals surface area contributed by atoms with Crippen molar-refractivity contribution in [1.82, 2.24) is 19.6 Å². The van der Waals surface area contributed by atoms with Crippen LogP contribution in [-0.4, -0.2) is 32.6 Å². The maximum absolute atomic E-state index is 13.0. The van der Waals surface area contributed by atoms with E-state index in [-0.39, 0.29) is 30.1 Å². The molecule has 0 spiro atoms. The van der Waals surface area contributed by atoms with E-state index in [2.05, 4.69) is 25.7 Å². The van der Waals surface area contributed by atoms with Crippen molar-refractivity contribution >= 4 is 23.3 Å². The van der Waals surface area contributed by atoms with E-state index in [9.17, 15) is 9.59 Å². The molecular formula is C23H24N6O3. The molecule has 2 aromatic heterocycles. The number of aryl methyl sites for hydroxylation is 1. The van der Waals surface area contributed by atoms with Gasteiger partial charge in [-0.25, -0.2) is 4.98 Å². The number of rotatable bonds is 8. The van der Waals surface area contributed by atoms with Crippen LogP contribution in [0, 0.1) is 6.92 Å². The highest BCUT2D eigenvalue weighted by molar-refractivity contribution is 5.92. The van der Waals surface area contributed by atoms with E-state index < -0.39 is 0 Å². The van der Waals surface area contributed by atoms with Crippen LogP contribution in [0.25, 0.3) is 5.78 Å². The number of aromatic amines is 1. The van der Waals surface area contributed by atoms with Crippen molar-refractivity contribution in [3.8, 4) is 5.75 Å². The molecular weight excluding hydrogens is 408 g/mol. The molecule has 0 fully saturated rings. The van der Waals surface area contributed by atoms with Crippen LogP contribution >= 0.6 is 0 Å². The smallest absolute Gasteiger partial charge is 0.277 e. The van der Waals surface area contributed by atoms with Crippen LogP contribution in [0.2, 0.25) is 0 Å². The molecule has 4 aromatic rings. The maximum atomic E-state index is 13.0. The number of aromatic nitrogens is 4. The molecule has 0 atom stereocenters. The lowest BCUT2D eigenvalue weighted by Crippen LogP contribution is -2.23. The van der Waals surface area contributed by atoms with Crippen molar-refractivity contribution in [2.75, 3.05) is 17.7 Å². The summed E-state index contributed by atoms with van der Waals surface area (Å²) in [7, 11) is 1.55. The van der Waals surface area contributed by atoms with Crippen LogP contribution in [0.15, 0.2) is 59.4 Å². The van der Waals surface area contributed by atoms with Gasteiger partial charge in [0.05, 0.1) is 18.5 Å². The van der Waals surface area contributed by atoms with Crippen molar-refractivity contribution in [3.05, 3.63) is 81.8 Å². The number of para-hydroxylation sites is 2. The number of H-pyrrole nitrogens is 1. The number of anilines is 2. The summed E-state index contributed by atoms with van der Waals surface area (Å²) in [6.45, 7) is 2.31. The average molecular weight is 432 g/mol. The summed E-state index contributed by atoms with van der Waals surface area (Å²) in [4.78, 5) is 34.2. The van der Waals surface area contributed by atoms with Crippen LogP contribution in [0.3, 0.4) is 0 Å². The Bertz CT molecular complexity index is 1300. The van der Waals surface area contributed by atoms with Gasteiger partial charge in [-0.3, -0.25) is 14.7 Å². The summed E-state index contributed by atoms with van der Waals surface area (Å²) < 4.78 is 6.55. The minimum Gasteiger partial charge on any atom is -0.495 e. The molecule has 0 unspecified atom stereocenters. The predicted octanol–water partition coefficient (Wildman–Crippen LogP) is 2.92. The highest BCUT2D eigenvalue weighted by atomic mass is 16.5. The monoisotopic (exact) mass is 432 g/mol. The lowest BCUT2D eigenvalue weighted by atomic mass is 10.1. The normalized spacial score (nSPS) is 10.8. The fourth-order valence-corrected chi connectivity index (χ4v) is 3.40. The number of nitrogens with zero attached hydrogens (tertiary/aromatic N) is 3. The quantitative estimate of drug-likeness (QED) is 0.395. The molecule has 0 bridgehead atoms. The second-order valence-corrected chi connectivity index (χ2v) is 7.28. The summed E-state index contributed by atoms with van der Waals surface area (Å²) in [5.41, 5.74) is 2.44. The molecule has 9 nitrogen and oxygen atoms in total. The predicted molar refractivity (Wildman–Crippen MR) is 122 cm³/mol. The number of methoxy groups -OCH3 is 1. The largest absolute Gasteiger partial charge is 0.495 e. The second kappa shape index (κ2) is 9.34. The lowest BCUT2D eigenvalue weighted by molar-refractivity contribution is -0.116. The first-order valence-electron chi connectivity index (χ1n) is 10.2. The third-order valence-corrected chi connectivity index (χ3v) is 5.08. The fourth-order valence-electron chi connectivity index (χ4n) is 3.40. The Kier molecular flexibility index (Phi) is 6.16. The SMILES string of the molecule is COc1ccccc1NC(=O)CCc1c(C)nc2nc(NCc3ccccc3)[nH]n2c1=O. The number of hydrogen-bond donors (Lipinski definition) is 3. The number of nitrogens with one attached hydrogen (secondary N) is 3. The van der Waals surface area contributed by atoms with E-state index in [1.165, 1.54) is 4.52 Å². The topological polar surface area (TPSA) is 113 Å². The molecule has 164 valence electrons. The minimum atomic E-state index is -0.266. The summed E-state index contributed by atoms with van der Waals surface area (Å²) >= 11 is 0. The van der Waals surface area contributed by atoms with E-state index in [0.717, 1.165) is 5.56 Å². The molecule has 1 amide bonds. The van der Waals surface area contributed by atoms with Gasteiger partial charge in [0.25, 0.3) is 11.3 Å². The molecule has 9 heteroatoms. The van der Waals surface area contributed by atoms with Crippen LogP contribution in [0.5, 0.6) is 5.75 Å². The molecule has 2 aromatic carbocycles. The van der Waals surface area contributed by atoms with Crippen molar-refractivity contribution in [2.45, 2.75) is 26.3 Å². The van der Waals surface area contributed by atoms with Crippen LogP contribution in [0.4, 0.5) is 11.6 Å². The Morgan fingerprint density at radius 1 is 1.09 bits per heavy atom. The van der Waals surface area contributed by atoms with E-state index in [1.54, 1.807) is 26.2 Å². The molecule has 0 radical (unpaired) electrons. The lowest BCUT2D eigenvalue weighted by Gasteiger charge is -2.10. The molecule has 32 heavy (non-hydrogen) atoms. The molecule has 2 heterocycles. The van der Waals surface area contributed by atoms with Gasteiger partial charge in [-0.15, -0.1) is 0 Å². The fraction of sp³-hybridized carbons (Fsp3) is 0.217. The van der Waals surface area contributed by atoms with Gasteiger partial charge in [0, 0.05) is 18.5 Å². The van der Waals surface area contributed by atoms with Gasteiger partial charge >= 0.3 is 0 Å². The summed E-state index contributed by atoms with van der Waals surface area (Å²) in [6.07, 6.45) is 0.391. The second-order valence-electron chi connectivity index (χ2n) is 7.28. The van der Waals surface area contributed by atoms with Crippen molar-refractivity contribution in [3.63, 3.8) is 0 Å². The Balaban J connectivity index is 1.46. The Morgan fingerprint density at radius 2 is 1.84 bits per heavy atom. The zero-order chi connectivity index (χ0) is 22.5. The molecule has 4 rings (SSSR count). The Morgan fingerprint density at radius 3 is 2.62 bits per heavy atom. The highest BCUT2D eigenvalue weighted by Gasteiger charge is 2.15. The van der Waals surface area contributed by atoms with Crippen LogP contribution in [-0.2, 0) is 17.8 Å². The van der Waals surface area contributed by atoms with Gasteiger partial charge in [0.2, 0.25) is 11.9 Å². The number of benzene rings is 2. The number of carbonyl (C=O) groups excluding carboxylic acids is 1. The summed E-state index contributed by atoms with van der Waals surface area (Å²) in [5.74, 6) is 1.09. The molecule has 0 saturated heterocycles. The number of carbonyl (C=O) groups is 1. The first kappa shape index (κ1) is 21.1. The average Bonchev–Trinajstić information content (AvgIpc) is 3.21. The first-order valence-corrected chi connectivity index (χ1v) is 10.2. The van der Waals surface area contributed by atoms with Gasteiger partial charge in [0.1, 0.15) is 5.75 Å². The van der Waals surface area contributed by atoms with Crippen LogP contribution < -0.4 is 20.9 Å². The minimum absolute atomic E-state index is 0.134. The standard InChI is InChI=1S/C23H24N6O3/c1-15-17(12-13-20(30)26-18-10-6-7-11-19(18)32-2)21(31)29-23(25-15)27-22(28-29)24-14-16-8-4-3-5-9-16/h3-11H,12-14H2,1-2H3,(H,26,30)(H2,24,25,27,28). The molecule has 3 N–H and O–H groups in total. The zero-order valence-corrected chi connectivity index (χ0v) is 17.9. The molecule has 0 saturated carbocycles. The number of fused-ring (bicyclic) bond motifs is 1. The Hall–Kier alpha value is -4.14. The van der Waals surface area contributed by atoms with E-state index in [4.69, 9.17) is 4.74 Å². The van der Waals surface area contributed by atoms with Gasteiger partial charge < -0.3 is 15.4 Å². The van der Waals surface area contributed by atoms with Crippen molar-refractivity contribution in [2.24, 2.45) is 0 Å². The highest BCUT2D eigenvalue weighted by Crippen LogP contribution is 2.23. The third kappa shape index (κ3) is 4.61.